The number of sulfone groups is 1. The minimum Gasteiger partial charge on any atom is -0.497 e. The van der Waals surface area contributed by atoms with Crippen LogP contribution in [0.15, 0.2) is 59.5 Å². The van der Waals surface area contributed by atoms with E-state index >= 15 is 0 Å². The number of hydrogen-bond donors (Lipinski definition) is 0. The Bertz CT molecular complexity index is 856. The van der Waals surface area contributed by atoms with E-state index in [-0.39, 0.29) is 5.91 Å². The van der Waals surface area contributed by atoms with E-state index in [1.807, 2.05) is 24.3 Å². The zero-order chi connectivity index (χ0) is 18.6. The third-order valence-corrected chi connectivity index (χ3v) is 7.07. The predicted molar refractivity (Wildman–Crippen MR) is 99.9 cm³/mol. The number of rotatable bonds is 5. The monoisotopic (exact) mass is 373 g/mol. The van der Waals surface area contributed by atoms with Gasteiger partial charge in [-0.05, 0) is 42.7 Å². The van der Waals surface area contributed by atoms with Gasteiger partial charge in [0.05, 0.1) is 23.7 Å². The summed E-state index contributed by atoms with van der Waals surface area (Å²) in [5, 5.41) is -0.425. The fraction of sp³-hybridized carbons (Fsp3) is 0.350. The molecule has 1 heterocycles. The molecule has 2 aromatic carbocycles. The van der Waals surface area contributed by atoms with E-state index in [2.05, 4.69) is 0 Å². The molecule has 0 N–H and O–H groups in total. The molecule has 0 saturated carbocycles. The number of benzene rings is 2. The molecule has 0 aliphatic carbocycles. The van der Waals surface area contributed by atoms with E-state index in [1.54, 1.807) is 42.3 Å². The van der Waals surface area contributed by atoms with Gasteiger partial charge in [0.1, 0.15) is 5.75 Å². The minimum atomic E-state index is -3.33. The number of likely N-dealkylation sites (tertiary alicyclic amines) is 1. The molecule has 0 bridgehead atoms. The standard InChI is InChI=1S/C20H23NO4S/c1-25-17-7-5-6-16(14-17)15-20(22)21-12-10-19(11-13-21)26(23,24)18-8-3-2-4-9-18/h2-9,14,19H,10-13,15H2,1H3. The number of ether oxygens (including phenoxy) is 1. The molecule has 2 aromatic rings. The highest BCUT2D eigenvalue weighted by molar-refractivity contribution is 7.92. The van der Waals surface area contributed by atoms with Gasteiger partial charge in [0.2, 0.25) is 5.91 Å². The van der Waals surface area contributed by atoms with Gasteiger partial charge in [0.15, 0.2) is 9.84 Å². The van der Waals surface area contributed by atoms with Crippen LogP contribution in [-0.4, -0.2) is 44.7 Å². The van der Waals surface area contributed by atoms with Crippen molar-refractivity contribution in [3.63, 3.8) is 0 Å². The van der Waals surface area contributed by atoms with Crippen LogP contribution in [0.1, 0.15) is 18.4 Å². The first kappa shape index (κ1) is 18.5. The van der Waals surface area contributed by atoms with Crippen molar-refractivity contribution >= 4 is 15.7 Å². The maximum atomic E-state index is 12.7. The van der Waals surface area contributed by atoms with Crippen molar-refractivity contribution in [1.82, 2.24) is 4.90 Å². The third kappa shape index (κ3) is 4.07. The highest BCUT2D eigenvalue weighted by Gasteiger charge is 2.32. The second-order valence-corrected chi connectivity index (χ2v) is 8.69. The van der Waals surface area contributed by atoms with Gasteiger partial charge in [0, 0.05) is 13.1 Å². The highest BCUT2D eigenvalue weighted by Crippen LogP contribution is 2.25. The predicted octanol–water partition coefficient (Wildman–Crippen LogP) is 2.70. The number of carbonyl (C=O) groups is 1. The van der Waals surface area contributed by atoms with Crippen LogP contribution in [-0.2, 0) is 21.1 Å². The Hall–Kier alpha value is -2.34. The summed E-state index contributed by atoms with van der Waals surface area (Å²) in [6.45, 7) is 0.944. The Morgan fingerprint density at radius 3 is 2.42 bits per heavy atom. The molecule has 3 rings (SSSR count). The molecule has 1 saturated heterocycles. The van der Waals surface area contributed by atoms with Gasteiger partial charge in [-0.1, -0.05) is 30.3 Å². The fourth-order valence-corrected chi connectivity index (χ4v) is 5.04. The topological polar surface area (TPSA) is 63.7 Å². The van der Waals surface area contributed by atoms with Crippen molar-refractivity contribution < 1.29 is 17.9 Å². The van der Waals surface area contributed by atoms with Gasteiger partial charge in [0.25, 0.3) is 0 Å². The lowest BCUT2D eigenvalue weighted by molar-refractivity contribution is -0.131. The number of nitrogens with zero attached hydrogens (tertiary/aromatic N) is 1. The van der Waals surface area contributed by atoms with Crippen molar-refractivity contribution in [2.45, 2.75) is 29.4 Å². The van der Waals surface area contributed by atoms with Crippen molar-refractivity contribution in [2.75, 3.05) is 20.2 Å². The summed E-state index contributed by atoms with van der Waals surface area (Å²) in [6, 6.07) is 16.0. The normalized spacial score (nSPS) is 15.7. The fourth-order valence-electron chi connectivity index (χ4n) is 3.29. The second-order valence-electron chi connectivity index (χ2n) is 6.47. The van der Waals surface area contributed by atoms with E-state index in [1.165, 1.54) is 0 Å². The van der Waals surface area contributed by atoms with Crippen LogP contribution in [0, 0.1) is 0 Å². The molecular formula is C20H23NO4S. The molecule has 6 heteroatoms. The first-order valence-electron chi connectivity index (χ1n) is 8.70. The zero-order valence-corrected chi connectivity index (χ0v) is 15.6. The summed E-state index contributed by atoms with van der Waals surface area (Å²) in [7, 11) is -1.74. The zero-order valence-electron chi connectivity index (χ0n) is 14.8. The van der Waals surface area contributed by atoms with Gasteiger partial charge in [-0.25, -0.2) is 8.42 Å². The number of piperidine rings is 1. The van der Waals surface area contributed by atoms with Gasteiger partial charge < -0.3 is 9.64 Å². The first-order chi connectivity index (χ1) is 12.5. The molecule has 1 aliphatic heterocycles. The molecule has 0 unspecified atom stereocenters. The largest absolute Gasteiger partial charge is 0.497 e. The second kappa shape index (κ2) is 7.91. The van der Waals surface area contributed by atoms with Crippen LogP contribution in [0.2, 0.25) is 0 Å². The molecule has 138 valence electrons. The Balaban J connectivity index is 1.60. The molecule has 0 atom stereocenters. The first-order valence-corrected chi connectivity index (χ1v) is 10.2. The van der Waals surface area contributed by atoms with Crippen LogP contribution in [0.4, 0.5) is 0 Å². The molecule has 1 aliphatic rings. The smallest absolute Gasteiger partial charge is 0.226 e. The quantitative estimate of drug-likeness (QED) is 0.808. The molecule has 0 aromatic heterocycles. The number of amides is 1. The Kier molecular flexibility index (Phi) is 5.61. The van der Waals surface area contributed by atoms with E-state index in [0.29, 0.717) is 37.2 Å². The van der Waals surface area contributed by atoms with Gasteiger partial charge in [-0.2, -0.15) is 0 Å². The lowest BCUT2D eigenvalue weighted by Gasteiger charge is -2.32. The summed E-state index contributed by atoms with van der Waals surface area (Å²) >= 11 is 0. The van der Waals surface area contributed by atoms with Gasteiger partial charge >= 0.3 is 0 Å². The molecule has 0 spiro atoms. The van der Waals surface area contributed by atoms with Crippen molar-refractivity contribution in [3.05, 3.63) is 60.2 Å². The summed E-state index contributed by atoms with van der Waals surface area (Å²) in [5.41, 5.74) is 0.897. The van der Waals surface area contributed by atoms with Crippen LogP contribution in [0.3, 0.4) is 0 Å². The van der Waals surface area contributed by atoms with E-state index in [9.17, 15) is 13.2 Å². The van der Waals surface area contributed by atoms with Crippen molar-refractivity contribution in [3.8, 4) is 5.75 Å². The van der Waals surface area contributed by atoms with Crippen LogP contribution in [0.25, 0.3) is 0 Å². The minimum absolute atomic E-state index is 0.0220. The summed E-state index contributed by atoms with van der Waals surface area (Å²) in [4.78, 5) is 14.7. The van der Waals surface area contributed by atoms with Crippen LogP contribution in [0.5, 0.6) is 5.75 Å². The molecule has 1 amide bonds. The molecular weight excluding hydrogens is 350 g/mol. The Morgan fingerprint density at radius 2 is 1.77 bits per heavy atom. The lowest BCUT2D eigenvalue weighted by Crippen LogP contribution is -2.43. The van der Waals surface area contributed by atoms with Crippen molar-refractivity contribution in [2.24, 2.45) is 0 Å². The molecule has 1 fully saturated rings. The van der Waals surface area contributed by atoms with E-state index in [4.69, 9.17) is 4.74 Å². The summed E-state index contributed by atoms with van der Waals surface area (Å²) in [6.07, 6.45) is 1.25. The lowest BCUT2D eigenvalue weighted by atomic mass is 10.1. The maximum absolute atomic E-state index is 12.7. The third-order valence-electron chi connectivity index (χ3n) is 4.79. The van der Waals surface area contributed by atoms with Crippen LogP contribution >= 0.6 is 0 Å². The molecule has 26 heavy (non-hydrogen) atoms. The summed E-state index contributed by atoms with van der Waals surface area (Å²) in [5.74, 6) is 0.747. The maximum Gasteiger partial charge on any atom is 0.226 e. The highest BCUT2D eigenvalue weighted by atomic mass is 32.2. The Labute approximate surface area is 154 Å². The molecule has 5 nitrogen and oxygen atoms in total. The average Bonchev–Trinajstić information content (AvgIpc) is 2.69. The molecule has 0 radical (unpaired) electrons. The number of methoxy groups -OCH3 is 1. The van der Waals surface area contributed by atoms with E-state index in [0.717, 1.165) is 11.3 Å². The van der Waals surface area contributed by atoms with Crippen LogP contribution < -0.4 is 4.74 Å². The van der Waals surface area contributed by atoms with Gasteiger partial charge in [-0.3, -0.25) is 4.79 Å². The Morgan fingerprint density at radius 1 is 1.08 bits per heavy atom. The average molecular weight is 373 g/mol. The van der Waals surface area contributed by atoms with Crippen molar-refractivity contribution in [1.29, 1.82) is 0 Å². The summed E-state index contributed by atoms with van der Waals surface area (Å²) < 4.78 is 30.6. The number of carbonyl (C=O) groups excluding carboxylic acids is 1. The SMILES string of the molecule is COc1cccc(CC(=O)N2CCC(S(=O)(=O)c3ccccc3)CC2)c1. The number of hydrogen-bond acceptors (Lipinski definition) is 4. The van der Waals surface area contributed by atoms with E-state index < -0.39 is 15.1 Å². The van der Waals surface area contributed by atoms with Gasteiger partial charge in [-0.15, -0.1) is 0 Å².